The number of rotatable bonds is 3. The topological polar surface area (TPSA) is 61.6 Å². The zero-order valence-electron chi connectivity index (χ0n) is 10.3. The lowest BCUT2D eigenvalue weighted by molar-refractivity contribution is 1.06. The number of anilines is 1. The fourth-order valence-electron chi connectivity index (χ4n) is 1.89. The van der Waals surface area contributed by atoms with Crippen molar-refractivity contribution >= 4 is 39.7 Å². The molecule has 0 unspecified atom stereocenters. The summed E-state index contributed by atoms with van der Waals surface area (Å²) < 4.78 is 0. The van der Waals surface area contributed by atoms with E-state index >= 15 is 0 Å². The Bertz CT molecular complexity index is 793. The molecule has 2 heterocycles. The molecule has 0 aliphatic heterocycles. The van der Waals surface area contributed by atoms with Crippen molar-refractivity contribution in [3.8, 4) is 6.07 Å². The van der Waals surface area contributed by atoms with Crippen molar-refractivity contribution in [3.63, 3.8) is 0 Å². The second kappa shape index (κ2) is 5.45. The van der Waals surface area contributed by atoms with E-state index in [9.17, 15) is 5.26 Å². The molecule has 4 nitrogen and oxygen atoms in total. The van der Waals surface area contributed by atoms with Gasteiger partial charge in [-0.15, -0.1) is 11.3 Å². The number of thiazole rings is 1. The average Bonchev–Trinajstić information content (AvgIpc) is 2.97. The summed E-state index contributed by atoms with van der Waals surface area (Å²) in [6.45, 7) is 0.584. The third-order valence-corrected chi connectivity index (χ3v) is 3.70. The van der Waals surface area contributed by atoms with Crippen LogP contribution < -0.4 is 5.32 Å². The van der Waals surface area contributed by atoms with E-state index in [1.165, 1.54) is 0 Å². The lowest BCUT2D eigenvalue weighted by Gasteiger charge is -2.07. The van der Waals surface area contributed by atoms with Gasteiger partial charge in [-0.3, -0.25) is 0 Å². The van der Waals surface area contributed by atoms with Gasteiger partial charge in [0.2, 0.25) is 0 Å². The predicted octanol–water partition coefficient (Wildman–Crippen LogP) is 3.83. The molecule has 0 fully saturated rings. The molecule has 0 atom stereocenters. The van der Waals surface area contributed by atoms with Crippen LogP contribution in [0.5, 0.6) is 0 Å². The lowest BCUT2D eigenvalue weighted by Crippen LogP contribution is -2.02. The zero-order chi connectivity index (χ0) is 13.9. The van der Waals surface area contributed by atoms with Gasteiger partial charge in [0.05, 0.1) is 34.9 Å². The minimum atomic E-state index is 0.554. The number of hydrogen-bond acceptors (Lipinski definition) is 5. The van der Waals surface area contributed by atoms with Gasteiger partial charge in [0, 0.05) is 15.8 Å². The monoisotopic (exact) mass is 300 g/mol. The first-order valence-corrected chi connectivity index (χ1v) is 7.19. The molecule has 1 N–H and O–H groups in total. The maximum atomic E-state index is 9.24. The van der Waals surface area contributed by atoms with Crippen molar-refractivity contribution in [2.75, 3.05) is 5.32 Å². The van der Waals surface area contributed by atoms with Crippen LogP contribution in [-0.2, 0) is 6.54 Å². The molecule has 20 heavy (non-hydrogen) atoms. The Morgan fingerprint density at radius 1 is 1.35 bits per heavy atom. The minimum absolute atomic E-state index is 0.554. The van der Waals surface area contributed by atoms with E-state index in [0.29, 0.717) is 22.9 Å². The highest BCUT2D eigenvalue weighted by atomic mass is 35.5. The van der Waals surface area contributed by atoms with Gasteiger partial charge in [0.1, 0.15) is 5.82 Å². The second-order valence-corrected chi connectivity index (χ2v) is 5.32. The van der Waals surface area contributed by atoms with Crippen molar-refractivity contribution in [1.82, 2.24) is 9.97 Å². The van der Waals surface area contributed by atoms with Crippen LogP contribution in [0.25, 0.3) is 10.9 Å². The highest BCUT2D eigenvalue weighted by Gasteiger charge is 2.06. The molecule has 98 valence electrons. The molecule has 0 amide bonds. The molecule has 0 saturated carbocycles. The largest absolute Gasteiger partial charge is 0.364 e. The van der Waals surface area contributed by atoms with Gasteiger partial charge in [0.25, 0.3) is 0 Å². The van der Waals surface area contributed by atoms with E-state index in [0.717, 1.165) is 16.6 Å². The number of nitrogens with one attached hydrogen (secondary N) is 1. The van der Waals surface area contributed by atoms with Gasteiger partial charge in [0.15, 0.2) is 0 Å². The lowest BCUT2D eigenvalue weighted by atomic mass is 10.1. The Balaban J connectivity index is 1.96. The Morgan fingerprint density at radius 2 is 2.25 bits per heavy atom. The maximum Gasteiger partial charge on any atom is 0.128 e. The quantitative estimate of drug-likeness (QED) is 0.798. The Labute approximate surface area is 124 Å². The summed E-state index contributed by atoms with van der Waals surface area (Å²) >= 11 is 7.50. The second-order valence-electron chi connectivity index (χ2n) is 4.16. The van der Waals surface area contributed by atoms with E-state index in [1.54, 1.807) is 35.0 Å². The van der Waals surface area contributed by atoms with E-state index < -0.39 is 0 Å². The van der Waals surface area contributed by atoms with Crippen LogP contribution in [0, 0.1) is 11.3 Å². The third kappa shape index (κ3) is 2.57. The zero-order valence-corrected chi connectivity index (χ0v) is 11.9. The fraction of sp³-hybridized carbons (Fsp3) is 0.0714. The van der Waals surface area contributed by atoms with Crippen LogP contribution in [0.15, 0.2) is 35.2 Å². The molecule has 0 bridgehead atoms. The molecule has 0 radical (unpaired) electrons. The number of aromatic nitrogens is 2. The standard InChI is InChI=1S/C14H9ClN4S/c15-10-1-2-13-12(4-10)9(5-16)3-14(19-13)17-6-11-7-20-8-18-11/h1-4,7-8H,6H2,(H,17,19). The summed E-state index contributed by atoms with van der Waals surface area (Å²) in [5.74, 6) is 0.657. The number of pyridine rings is 1. The summed E-state index contributed by atoms with van der Waals surface area (Å²) in [6, 6.07) is 9.24. The molecule has 3 aromatic rings. The molecule has 6 heteroatoms. The Kier molecular flexibility index (Phi) is 3.50. The highest BCUT2D eigenvalue weighted by Crippen LogP contribution is 2.24. The number of benzene rings is 1. The minimum Gasteiger partial charge on any atom is -0.364 e. The summed E-state index contributed by atoms with van der Waals surface area (Å²) in [7, 11) is 0. The predicted molar refractivity (Wildman–Crippen MR) is 80.9 cm³/mol. The van der Waals surface area contributed by atoms with Crippen molar-refractivity contribution in [2.45, 2.75) is 6.54 Å². The van der Waals surface area contributed by atoms with Crippen LogP contribution in [0.1, 0.15) is 11.3 Å². The molecule has 0 saturated heterocycles. The van der Waals surface area contributed by atoms with Gasteiger partial charge in [-0.25, -0.2) is 9.97 Å². The molecule has 3 rings (SSSR count). The number of hydrogen-bond donors (Lipinski definition) is 1. The van der Waals surface area contributed by atoms with Gasteiger partial charge < -0.3 is 5.32 Å². The Morgan fingerprint density at radius 3 is 3.00 bits per heavy atom. The van der Waals surface area contributed by atoms with Gasteiger partial charge >= 0.3 is 0 Å². The molecular weight excluding hydrogens is 292 g/mol. The number of nitrogens with zero attached hydrogens (tertiary/aromatic N) is 3. The normalized spacial score (nSPS) is 10.4. The molecule has 0 aliphatic carbocycles. The van der Waals surface area contributed by atoms with E-state index in [1.807, 2.05) is 11.4 Å². The molecular formula is C14H9ClN4S. The van der Waals surface area contributed by atoms with E-state index in [2.05, 4.69) is 21.4 Å². The molecule has 2 aromatic heterocycles. The van der Waals surface area contributed by atoms with Crippen molar-refractivity contribution < 1.29 is 0 Å². The van der Waals surface area contributed by atoms with Crippen LogP contribution in [0.4, 0.5) is 5.82 Å². The maximum absolute atomic E-state index is 9.24. The first kappa shape index (κ1) is 12.9. The first-order chi connectivity index (χ1) is 9.76. The van der Waals surface area contributed by atoms with E-state index in [4.69, 9.17) is 11.6 Å². The van der Waals surface area contributed by atoms with Crippen LogP contribution in [0.2, 0.25) is 5.02 Å². The van der Waals surface area contributed by atoms with E-state index in [-0.39, 0.29) is 0 Å². The summed E-state index contributed by atoms with van der Waals surface area (Å²) in [4.78, 5) is 8.67. The van der Waals surface area contributed by atoms with Gasteiger partial charge in [-0.1, -0.05) is 11.6 Å². The highest BCUT2D eigenvalue weighted by molar-refractivity contribution is 7.07. The van der Waals surface area contributed by atoms with Crippen LogP contribution in [0.3, 0.4) is 0 Å². The van der Waals surface area contributed by atoms with Crippen LogP contribution >= 0.6 is 22.9 Å². The van der Waals surface area contributed by atoms with Gasteiger partial charge in [-0.05, 0) is 24.3 Å². The number of nitriles is 1. The molecule has 1 aromatic carbocycles. The average molecular weight is 301 g/mol. The first-order valence-electron chi connectivity index (χ1n) is 5.87. The van der Waals surface area contributed by atoms with Crippen LogP contribution in [-0.4, -0.2) is 9.97 Å². The third-order valence-electron chi connectivity index (χ3n) is 2.83. The summed E-state index contributed by atoms with van der Waals surface area (Å²) in [6.07, 6.45) is 0. The van der Waals surface area contributed by atoms with Crippen molar-refractivity contribution in [3.05, 3.63) is 51.4 Å². The summed E-state index contributed by atoms with van der Waals surface area (Å²) in [5.41, 5.74) is 4.03. The molecule has 0 spiro atoms. The van der Waals surface area contributed by atoms with Crippen molar-refractivity contribution in [2.24, 2.45) is 0 Å². The SMILES string of the molecule is N#Cc1cc(NCc2cscn2)nc2ccc(Cl)cc12. The summed E-state index contributed by atoms with van der Waals surface area (Å²) in [5, 5.41) is 15.8. The fourth-order valence-corrected chi connectivity index (χ4v) is 2.62. The Hall–Kier alpha value is -2.16. The van der Waals surface area contributed by atoms with Crippen molar-refractivity contribution in [1.29, 1.82) is 5.26 Å². The number of fused-ring (bicyclic) bond motifs is 1. The molecule has 0 aliphatic rings. The number of halogens is 1. The smallest absolute Gasteiger partial charge is 0.128 e. The van der Waals surface area contributed by atoms with Gasteiger partial charge in [-0.2, -0.15) is 5.26 Å².